The van der Waals surface area contributed by atoms with E-state index in [0.717, 1.165) is 11.3 Å². The number of nitrogens with zero attached hydrogens (tertiary/aromatic N) is 1. The van der Waals surface area contributed by atoms with Gasteiger partial charge < -0.3 is 9.47 Å². The Kier molecular flexibility index (Phi) is 5.67. The molecule has 0 amide bonds. The van der Waals surface area contributed by atoms with Gasteiger partial charge in [-0.3, -0.25) is 5.43 Å². The van der Waals surface area contributed by atoms with Crippen molar-refractivity contribution in [1.29, 1.82) is 0 Å². The molecule has 2 aromatic rings. The Labute approximate surface area is 135 Å². The van der Waals surface area contributed by atoms with Crippen LogP contribution in [0.15, 0.2) is 41.5 Å². The van der Waals surface area contributed by atoms with Crippen LogP contribution in [0.1, 0.15) is 18.1 Å². The third-order valence-electron chi connectivity index (χ3n) is 3.00. The van der Waals surface area contributed by atoms with Gasteiger partial charge >= 0.3 is 0 Å². The van der Waals surface area contributed by atoms with Gasteiger partial charge in [0.25, 0.3) is 0 Å². The number of aryl methyl sites for hydroxylation is 1. The number of ether oxygens (including phenoxy) is 2. The Morgan fingerprint density at radius 1 is 1.23 bits per heavy atom. The predicted molar refractivity (Wildman–Crippen MR) is 91.6 cm³/mol. The molecule has 116 valence electrons. The zero-order valence-corrected chi connectivity index (χ0v) is 13.6. The molecule has 0 saturated carbocycles. The standard InChI is InChI=1S/C17H19ClN2O2/c1-4-22-17-15(18)9-13(10-16(17)21-3)11-19-20-14-7-5-12(2)6-8-14/h5-11,20H,4H2,1-3H3/b19-11+. The van der Waals surface area contributed by atoms with E-state index in [1.54, 1.807) is 19.4 Å². The van der Waals surface area contributed by atoms with Crippen LogP contribution in [-0.4, -0.2) is 19.9 Å². The van der Waals surface area contributed by atoms with Gasteiger partial charge in [0.05, 0.1) is 30.6 Å². The zero-order valence-electron chi connectivity index (χ0n) is 12.9. The van der Waals surface area contributed by atoms with Gasteiger partial charge in [-0.05, 0) is 43.7 Å². The third kappa shape index (κ3) is 4.15. The average Bonchev–Trinajstić information content (AvgIpc) is 2.51. The van der Waals surface area contributed by atoms with Gasteiger partial charge in [0.15, 0.2) is 11.5 Å². The molecular weight excluding hydrogens is 300 g/mol. The average molecular weight is 319 g/mol. The minimum atomic E-state index is 0.498. The van der Waals surface area contributed by atoms with Crippen molar-refractivity contribution in [2.75, 3.05) is 19.1 Å². The van der Waals surface area contributed by atoms with Crippen LogP contribution in [0, 0.1) is 6.92 Å². The van der Waals surface area contributed by atoms with Crippen molar-refractivity contribution in [2.45, 2.75) is 13.8 Å². The molecule has 0 heterocycles. The Morgan fingerprint density at radius 2 is 1.95 bits per heavy atom. The smallest absolute Gasteiger partial charge is 0.179 e. The summed E-state index contributed by atoms with van der Waals surface area (Å²) >= 11 is 6.22. The van der Waals surface area contributed by atoms with Gasteiger partial charge in [-0.15, -0.1) is 0 Å². The first-order chi connectivity index (χ1) is 10.6. The first kappa shape index (κ1) is 16.2. The van der Waals surface area contributed by atoms with E-state index in [1.807, 2.05) is 44.2 Å². The second kappa shape index (κ2) is 7.71. The number of methoxy groups -OCH3 is 1. The molecule has 5 heteroatoms. The van der Waals surface area contributed by atoms with E-state index in [1.165, 1.54) is 5.56 Å². The Balaban J connectivity index is 2.13. The fourth-order valence-electron chi connectivity index (χ4n) is 1.91. The zero-order chi connectivity index (χ0) is 15.9. The van der Waals surface area contributed by atoms with Gasteiger partial charge in [-0.2, -0.15) is 5.10 Å². The summed E-state index contributed by atoms with van der Waals surface area (Å²) < 4.78 is 10.8. The van der Waals surface area contributed by atoms with Crippen LogP contribution in [0.25, 0.3) is 0 Å². The van der Waals surface area contributed by atoms with E-state index in [4.69, 9.17) is 21.1 Å². The molecule has 2 rings (SSSR count). The van der Waals surface area contributed by atoms with E-state index in [2.05, 4.69) is 10.5 Å². The van der Waals surface area contributed by atoms with Crippen LogP contribution >= 0.6 is 11.6 Å². The highest BCUT2D eigenvalue weighted by molar-refractivity contribution is 6.32. The van der Waals surface area contributed by atoms with Crippen molar-refractivity contribution in [3.8, 4) is 11.5 Å². The summed E-state index contributed by atoms with van der Waals surface area (Å²) in [5, 5.41) is 4.70. The van der Waals surface area contributed by atoms with E-state index < -0.39 is 0 Å². The maximum Gasteiger partial charge on any atom is 0.179 e. The van der Waals surface area contributed by atoms with Gasteiger partial charge in [-0.1, -0.05) is 29.3 Å². The van der Waals surface area contributed by atoms with Crippen LogP contribution in [0.5, 0.6) is 11.5 Å². The second-order valence-corrected chi connectivity index (χ2v) is 5.11. The number of hydrogen-bond donors (Lipinski definition) is 1. The number of hydrogen-bond acceptors (Lipinski definition) is 4. The van der Waals surface area contributed by atoms with Crippen LogP contribution < -0.4 is 14.9 Å². The van der Waals surface area contributed by atoms with Gasteiger partial charge in [0.2, 0.25) is 0 Å². The first-order valence-electron chi connectivity index (χ1n) is 7.00. The molecule has 0 aliphatic heterocycles. The van der Waals surface area contributed by atoms with Crippen molar-refractivity contribution in [2.24, 2.45) is 5.10 Å². The molecular formula is C17H19ClN2O2. The molecule has 0 spiro atoms. The van der Waals surface area contributed by atoms with Crippen molar-refractivity contribution in [3.05, 3.63) is 52.5 Å². The Morgan fingerprint density at radius 3 is 2.59 bits per heavy atom. The summed E-state index contributed by atoms with van der Waals surface area (Å²) in [6.07, 6.45) is 1.68. The van der Waals surface area contributed by atoms with E-state index in [9.17, 15) is 0 Å². The molecule has 0 bridgehead atoms. The Hall–Kier alpha value is -2.20. The lowest BCUT2D eigenvalue weighted by Gasteiger charge is -2.11. The number of benzene rings is 2. The lowest BCUT2D eigenvalue weighted by atomic mass is 10.2. The quantitative estimate of drug-likeness (QED) is 0.630. The Bertz CT molecular complexity index is 654. The highest BCUT2D eigenvalue weighted by Crippen LogP contribution is 2.35. The normalized spacial score (nSPS) is 10.7. The number of halogens is 1. The number of anilines is 1. The highest BCUT2D eigenvalue weighted by Gasteiger charge is 2.10. The van der Waals surface area contributed by atoms with Crippen molar-refractivity contribution >= 4 is 23.5 Å². The molecule has 0 fully saturated rings. The SMILES string of the molecule is CCOc1c(Cl)cc(/C=N/Nc2ccc(C)cc2)cc1OC. The summed E-state index contributed by atoms with van der Waals surface area (Å²) in [6.45, 7) is 4.47. The molecule has 0 saturated heterocycles. The van der Waals surface area contributed by atoms with Gasteiger partial charge in [0.1, 0.15) is 0 Å². The van der Waals surface area contributed by atoms with Crippen molar-refractivity contribution in [1.82, 2.24) is 0 Å². The summed E-state index contributed by atoms with van der Waals surface area (Å²) in [6, 6.07) is 11.6. The van der Waals surface area contributed by atoms with Crippen LogP contribution in [0.4, 0.5) is 5.69 Å². The van der Waals surface area contributed by atoms with Crippen molar-refractivity contribution in [3.63, 3.8) is 0 Å². The molecule has 0 radical (unpaired) electrons. The molecule has 0 unspecified atom stereocenters. The lowest BCUT2D eigenvalue weighted by molar-refractivity contribution is 0.311. The molecule has 0 aliphatic carbocycles. The summed E-state index contributed by atoms with van der Waals surface area (Å²) in [7, 11) is 1.58. The largest absolute Gasteiger partial charge is 0.493 e. The molecule has 4 nitrogen and oxygen atoms in total. The fraction of sp³-hybridized carbons (Fsp3) is 0.235. The molecule has 1 N–H and O–H groups in total. The maximum absolute atomic E-state index is 6.22. The predicted octanol–water partition coefficient (Wildman–Crippen LogP) is 4.50. The topological polar surface area (TPSA) is 42.8 Å². The summed E-state index contributed by atoms with van der Waals surface area (Å²) in [5.74, 6) is 1.14. The highest BCUT2D eigenvalue weighted by atomic mass is 35.5. The number of hydrazone groups is 1. The van der Waals surface area contributed by atoms with E-state index in [-0.39, 0.29) is 0 Å². The fourth-order valence-corrected chi connectivity index (χ4v) is 2.18. The molecule has 0 aliphatic rings. The maximum atomic E-state index is 6.22. The lowest BCUT2D eigenvalue weighted by Crippen LogP contribution is -1.98. The van der Waals surface area contributed by atoms with Gasteiger partial charge in [-0.25, -0.2) is 0 Å². The molecule has 0 atom stereocenters. The van der Waals surface area contributed by atoms with E-state index in [0.29, 0.717) is 23.1 Å². The second-order valence-electron chi connectivity index (χ2n) is 4.70. The van der Waals surface area contributed by atoms with E-state index >= 15 is 0 Å². The molecule has 22 heavy (non-hydrogen) atoms. The summed E-state index contributed by atoms with van der Waals surface area (Å²) in [5.41, 5.74) is 5.92. The van der Waals surface area contributed by atoms with Crippen molar-refractivity contribution < 1.29 is 9.47 Å². The van der Waals surface area contributed by atoms with Crippen LogP contribution in [0.2, 0.25) is 5.02 Å². The minimum absolute atomic E-state index is 0.498. The first-order valence-corrected chi connectivity index (χ1v) is 7.38. The summed E-state index contributed by atoms with van der Waals surface area (Å²) in [4.78, 5) is 0. The molecule has 2 aromatic carbocycles. The number of nitrogens with one attached hydrogen (secondary N) is 1. The number of rotatable bonds is 6. The van der Waals surface area contributed by atoms with Crippen LogP contribution in [0.3, 0.4) is 0 Å². The third-order valence-corrected chi connectivity index (χ3v) is 3.28. The molecule has 0 aromatic heterocycles. The van der Waals surface area contributed by atoms with Crippen LogP contribution in [-0.2, 0) is 0 Å². The van der Waals surface area contributed by atoms with Gasteiger partial charge in [0, 0.05) is 0 Å². The monoisotopic (exact) mass is 318 g/mol. The minimum Gasteiger partial charge on any atom is -0.493 e.